The van der Waals surface area contributed by atoms with Crippen molar-refractivity contribution in [3.8, 4) is 17.2 Å². The van der Waals surface area contributed by atoms with Crippen molar-refractivity contribution >= 4 is 11.7 Å². The van der Waals surface area contributed by atoms with Crippen LogP contribution in [0.15, 0.2) is 46.9 Å². The molecule has 0 saturated heterocycles. The number of carbonyl (C=O) groups excluding carboxylic acids is 1. The minimum atomic E-state index is -0.707. The minimum absolute atomic E-state index is 0.204. The second-order valence-electron chi connectivity index (χ2n) is 5.76. The number of rotatable bonds is 5. The normalized spacial score (nSPS) is 11.8. The van der Waals surface area contributed by atoms with E-state index in [2.05, 4.69) is 10.2 Å². The van der Waals surface area contributed by atoms with E-state index >= 15 is 0 Å². The lowest BCUT2D eigenvalue weighted by atomic mass is 10.1. The molecule has 3 rings (SSSR count). The molecule has 134 valence electrons. The Bertz CT molecular complexity index is 919. The highest BCUT2D eigenvalue weighted by molar-refractivity contribution is 5.95. The number of hydrogen-bond acceptors (Lipinski definition) is 7. The van der Waals surface area contributed by atoms with Crippen LogP contribution >= 0.6 is 0 Å². The first-order valence-electron chi connectivity index (χ1n) is 8.03. The van der Waals surface area contributed by atoms with E-state index in [9.17, 15) is 4.79 Å². The molecule has 7 nitrogen and oxygen atoms in total. The average Bonchev–Trinajstić information content (AvgIpc) is 3.14. The number of anilines is 1. The van der Waals surface area contributed by atoms with E-state index in [1.165, 1.54) is 0 Å². The fourth-order valence-electron chi connectivity index (χ4n) is 2.38. The Hall–Kier alpha value is -3.35. The lowest BCUT2D eigenvalue weighted by Gasteiger charge is -2.11. The van der Waals surface area contributed by atoms with E-state index in [0.29, 0.717) is 17.1 Å². The molecule has 0 saturated carbocycles. The maximum absolute atomic E-state index is 12.3. The first-order valence-corrected chi connectivity index (χ1v) is 8.03. The van der Waals surface area contributed by atoms with Crippen LogP contribution in [0.2, 0.25) is 0 Å². The van der Waals surface area contributed by atoms with Gasteiger partial charge in [0.05, 0.1) is 12.7 Å². The Kier molecular flexibility index (Phi) is 4.88. The van der Waals surface area contributed by atoms with Crippen LogP contribution in [0.3, 0.4) is 0 Å². The van der Waals surface area contributed by atoms with Crippen LogP contribution in [0, 0.1) is 6.92 Å². The van der Waals surface area contributed by atoms with Gasteiger partial charge in [0.2, 0.25) is 5.89 Å². The van der Waals surface area contributed by atoms with Crippen molar-refractivity contribution < 1.29 is 18.7 Å². The maximum Gasteiger partial charge on any atom is 0.341 e. The van der Waals surface area contributed by atoms with E-state index < -0.39 is 12.1 Å². The molecule has 2 aromatic carbocycles. The van der Waals surface area contributed by atoms with Gasteiger partial charge in [0.15, 0.2) is 6.10 Å². The van der Waals surface area contributed by atoms with Gasteiger partial charge < -0.3 is 19.6 Å². The first kappa shape index (κ1) is 17.5. The minimum Gasteiger partial charge on any atom is -0.497 e. The Morgan fingerprint density at radius 3 is 2.58 bits per heavy atom. The molecule has 1 aromatic heterocycles. The first-order chi connectivity index (χ1) is 12.5. The highest BCUT2D eigenvalue weighted by atomic mass is 16.6. The zero-order valence-corrected chi connectivity index (χ0v) is 14.7. The predicted molar refractivity (Wildman–Crippen MR) is 95.7 cm³/mol. The van der Waals surface area contributed by atoms with Crippen molar-refractivity contribution in [3.63, 3.8) is 0 Å². The molecular formula is C19H19N3O4. The SMILES string of the molecule is COc1ccc(-c2nnc(C(C)OC(=O)c3cccc(C)c3N)o2)cc1. The molecule has 3 aromatic rings. The van der Waals surface area contributed by atoms with Gasteiger partial charge in [0.1, 0.15) is 5.75 Å². The lowest BCUT2D eigenvalue weighted by molar-refractivity contribution is 0.0281. The molecule has 1 unspecified atom stereocenters. The largest absolute Gasteiger partial charge is 0.497 e. The molecule has 1 atom stereocenters. The molecule has 2 N–H and O–H groups in total. The summed E-state index contributed by atoms with van der Waals surface area (Å²) < 4.78 is 16.2. The summed E-state index contributed by atoms with van der Waals surface area (Å²) in [6.07, 6.45) is -0.707. The summed E-state index contributed by atoms with van der Waals surface area (Å²) in [5.74, 6) is 0.727. The van der Waals surface area contributed by atoms with Crippen LogP contribution in [0.4, 0.5) is 5.69 Å². The number of methoxy groups -OCH3 is 1. The number of nitrogens with two attached hydrogens (primary N) is 1. The topological polar surface area (TPSA) is 100 Å². The Balaban J connectivity index is 1.74. The van der Waals surface area contributed by atoms with E-state index in [0.717, 1.165) is 16.9 Å². The molecule has 26 heavy (non-hydrogen) atoms. The summed E-state index contributed by atoms with van der Waals surface area (Å²) in [6.45, 7) is 3.49. The number of esters is 1. The van der Waals surface area contributed by atoms with E-state index in [-0.39, 0.29) is 5.89 Å². The zero-order valence-electron chi connectivity index (χ0n) is 14.7. The fourth-order valence-corrected chi connectivity index (χ4v) is 2.38. The molecule has 0 fully saturated rings. The Morgan fingerprint density at radius 1 is 1.15 bits per heavy atom. The van der Waals surface area contributed by atoms with Crippen molar-refractivity contribution in [2.45, 2.75) is 20.0 Å². The van der Waals surface area contributed by atoms with Gasteiger partial charge in [0.25, 0.3) is 5.89 Å². The fraction of sp³-hybridized carbons (Fsp3) is 0.211. The van der Waals surface area contributed by atoms with Crippen LogP contribution in [-0.4, -0.2) is 23.3 Å². The van der Waals surface area contributed by atoms with Crippen molar-refractivity contribution in [1.82, 2.24) is 10.2 Å². The van der Waals surface area contributed by atoms with Crippen molar-refractivity contribution in [1.29, 1.82) is 0 Å². The van der Waals surface area contributed by atoms with Gasteiger partial charge in [-0.15, -0.1) is 10.2 Å². The smallest absolute Gasteiger partial charge is 0.341 e. The number of aryl methyl sites for hydroxylation is 1. The van der Waals surface area contributed by atoms with Crippen molar-refractivity contribution in [2.75, 3.05) is 12.8 Å². The third-order valence-electron chi connectivity index (χ3n) is 3.95. The Morgan fingerprint density at radius 2 is 1.88 bits per heavy atom. The molecule has 0 amide bonds. The van der Waals surface area contributed by atoms with Crippen molar-refractivity contribution in [2.24, 2.45) is 0 Å². The standard InChI is InChI=1S/C19H19N3O4/c1-11-5-4-6-15(16(11)20)19(23)25-12(2)17-21-22-18(26-17)13-7-9-14(24-3)10-8-13/h4-10,12H,20H2,1-3H3. The summed E-state index contributed by atoms with van der Waals surface area (Å²) >= 11 is 0. The van der Waals surface area contributed by atoms with Crippen LogP contribution in [0.1, 0.15) is 34.8 Å². The van der Waals surface area contributed by atoms with Gasteiger partial charge in [-0.3, -0.25) is 0 Å². The molecular weight excluding hydrogens is 334 g/mol. The number of benzene rings is 2. The van der Waals surface area contributed by atoms with Crippen LogP contribution in [-0.2, 0) is 4.74 Å². The summed E-state index contributed by atoms with van der Waals surface area (Å²) in [6, 6.07) is 12.4. The van der Waals surface area contributed by atoms with Gasteiger partial charge in [-0.25, -0.2) is 4.79 Å². The van der Waals surface area contributed by atoms with Gasteiger partial charge in [0, 0.05) is 11.3 Å². The summed E-state index contributed by atoms with van der Waals surface area (Å²) in [4.78, 5) is 12.3. The number of ether oxygens (including phenoxy) is 2. The number of nitrogens with zero attached hydrogens (tertiary/aromatic N) is 2. The summed E-state index contributed by atoms with van der Waals surface area (Å²) in [5.41, 5.74) is 8.20. The third kappa shape index (κ3) is 3.51. The molecule has 0 aliphatic carbocycles. The molecule has 0 aliphatic rings. The number of aromatic nitrogens is 2. The monoisotopic (exact) mass is 353 g/mol. The van der Waals surface area contributed by atoms with E-state index in [1.54, 1.807) is 50.4 Å². The third-order valence-corrected chi connectivity index (χ3v) is 3.95. The van der Waals surface area contributed by atoms with Crippen LogP contribution in [0.25, 0.3) is 11.5 Å². The highest BCUT2D eigenvalue weighted by Crippen LogP contribution is 2.26. The van der Waals surface area contributed by atoms with E-state index in [4.69, 9.17) is 19.6 Å². The van der Waals surface area contributed by atoms with Gasteiger partial charge >= 0.3 is 5.97 Å². The zero-order chi connectivity index (χ0) is 18.7. The molecule has 0 spiro atoms. The average molecular weight is 353 g/mol. The number of nitrogen functional groups attached to an aromatic ring is 1. The summed E-state index contributed by atoms with van der Waals surface area (Å²) in [5, 5.41) is 7.97. The van der Waals surface area contributed by atoms with Gasteiger partial charge in [-0.05, 0) is 49.7 Å². The number of hydrogen-bond donors (Lipinski definition) is 1. The number of para-hydroxylation sites is 1. The molecule has 0 aliphatic heterocycles. The Labute approximate surface area is 150 Å². The van der Waals surface area contributed by atoms with Gasteiger partial charge in [-0.2, -0.15) is 0 Å². The molecule has 0 radical (unpaired) electrons. The second-order valence-corrected chi connectivity index (χ2v) is 5.76. The maximum atomic E-state index is 12.3. The number of carbonyl (C=O) groups is 1. The van der Waals surface area contributed by atoms with Crippen molar-refractivity contribution in [3.05, 3.63) is 59.5 Å². The quantitative estimate of drug-likeness (QED) is 0.553. The molecule has 7 heteroatoms. The van der Waals surface area contributed by atoms with Gasteiger partial charge in [-0.1, -0.05) is 12.1 Å². The molecule has 1 heterocycles. The lowest BCUT2D eigenvalue weighted by Crippen LogP contribution is -2.12. The van der Waals surface area contributed by atoms with Crippen LogP contribution in [0.5, 0.6) is 5.75 Å². The predicted octanol–water partition coefficient (Wildman–Crippen LogP) is 3.55. The second kappa shape index (κ2) is 7.26. The highest BCUT2D eigenvalue weighted by Gasteiger charge is 2.21. The van der Waals surface area contributed by atoms with Crippen LogP contribution < -0.4 is 10.5 Å². The summed E-state index contributed by atoms with van der Waals surface area (Å²) in [7, 11) is 1.59. The molecule has 0 bridgehead atoms. The van der Waals surface area contributed by atoms with E-state index in [1.807, 2.05) is 13.0 Å².